The Hall–Kier alpha value is -2.88. The summed E-state index contributed by atoms with van der Waals surface area (Å²) in [6, 6.07) is 15.5. The monoisotopic (exact) mass is 511 g/mol. The van der Waals surface area contributed by atoms with E-state index in [-0.39, 0.29) is 23.1 Å². The topological polar surface area (TPSA) is 92.5 Å². The molecule has 35 heavy (non-hydrogen) atoms. The minimum absolute atomic E-state index is 0.0505. The number of amides is 1. The van der Waals surface area contributed by atoms with Gasteiger partial charge in [-0.1, -0.05) is 47.1 Å². The molecule has 9 heteroatoms. The number of rotatable bonds is 7. The van der Waals surface area contributed by atoms with Gasteiger partial charge in [-0.05, 0) is 62.8 Å². The summed E-state index contributed by atoms with van der Waals surface area (Å²) in [6.07, 6.45) is 6.63. The lowest BCUT2D eigenvalue weighted by molar-refractivity contribution is -0.120. The zero-order valence-corrected chi connectivity index (χ0v) is 21.7. The highest BCUT2D eigenvalue weighted by atomic mass is 32.2. The van der Waals surface area contributed by atoms with Gasteiger partial charge < -0.3 is 9.84 Å². The van der Waals surface area contributed by atoms with E-state index in [0.717, 1.165) is 16.0 Å². The third-order valence-corrected chi connectivity index (χ3v) is 8.78. The molecular weight excluding hydrogens is 482 g/mol. The molecule has 0 spiro atoms. The van der Waals surface area contributed by atoms with Crippen molar-refractivity contribution in [3.8, 4) is 0 Å². The van der Waals surface area contributed by atoms with E-state index in [1.165, 1.54) is 4.31 Å². The van der Waals surface area contributed by atoms with E-state index in [0.29, 0.717) is 30.8 Å². The van der Waals surface area contributed by atoms with Gasteiger partial charge in [0.25, 0.3) is 0 Å². The molecule has 1 N–H and O–H groups in total. The van der Waals surface area contributed by atoms with E-state index < -0.39 is 15.9 Å². The molecule has 1 unspecified atom stereocenters. The number of nitrogens with one attached hydrogen (secondary N) is 1. The van der Waals surface area contributed by atoms with E-state index in [9.17, 15) is 13.2 Å². The van der Waals surface area contributed by atoms with E-state index in [1.54, 1.807) is 30.8 Å². The molecule has 1 saturated heterocycles. The molecule has 1 fully saturated rings. The number of carbonyl (C=O) groups excluding carboxylic acids is 1. The van der Waals surface area contributed by atoms with Crippen molar-refractivity contribution in [2.24, 2.45) is 5.92 Å². The molecule has 1 aliphatic heterocycles. The minimum atomic E-state index is -3.90. The maximum absolute atomic E-state index is 13.6. The van der Waals surface area contributed by atoms with Crippen LogP contribution in [0.15, 0.2) is 62.8 Å². The molecule has 2 aromatic carbocycles. The highest BCUT2D eigenvalue weighted by Crippen LogP contribution is 2.30. The maximum atomic E-state index is 13.6. The van der Waals surface area contributed by atoms with Gasteiger partial charge in [-0.25, -0.2) is 8.42 Å². The fourth-order valence-corrected chi connectivity index (χ4v) is 6.33. The summed E-state index contributed by atoms with van der Waals surface area (Å²) in [6.45, 7) is 4.08. The van der Waals surface area contributed by atoms with Crippen LogP contribution in [0.4, 0.5) is 5.69 Å². The number of piperidine rings is 1. The van der Waals surface area contributed by atoms with Crippen LogP contribution in [0.1, 0.15) is 35.4 Å². The summed E-state index contributed by atoms with van der Waals surface area (Å²) in [5.74, 6) is -0.434. The first-order valence-electron chi connectivity index (χ1n) is 11.4. The second kappa shape index (κ2) is 10.8. The Morgan fingerprint density at radius 1 is 1.17 bits per heavy atom. The lowest BCUT2D eigenvalue weighted by atomic mass is 9.99. The average Bonchev–Trinajstić information content (AvgIpc) is 3.25. The normalized spacial score (nSPS) is 17.1. The number of aryl methyl sites for hydroxylation is 2. The van der Waals surface area contributed by atoms with Gasteiger partial charge in [0.1, 0.15) is 5.69 Å². The molecule has 2 heterocycles. The van der Waals surface area contributed by atoms with Crippen LogP contribution in [0, 0.1) is 19.8 Å². The summed E-state index contributed by atoms with van der Waals surface area (Å²) < 4.78 is 34.0. The van der Waals surface area contributed by atoms with Gasteiger partial charge in [0.05, 0.1) is 5.92 Å². The van der Waals surface area contributed by atoms with E-state index in [4.69, 9.17) is 4.52 Å². The van der Waals surface area contributed by atoms with Crippen LogP contribution in [-0.2, 0) is 14.8 Å². The van der Waals surface area contributed by atoms with Crippen molar-refractivity contribution in [3.63, 3.8) is 0 Å². The fourth-order valence-electron chi connectivity index (χ4n) is 4.10. The highest BCUT2D eigenvalue weighted by molar-refractivity contribution is 7.98. The zero-order chi connectivity index (χ0) is 25.0. The smallest absolute Gasteiger partial charge is 0.248 e. The van der Waals surface area contributed by atoms with E-state index in [2.05, 4.69) is 10.5 Å². The highest BCUT2D eigenvalue weighted by Gasteiger charge is 2.37. The van der Waals surface area contributed by atoms with Crippen LogP contribution >= 0.6 is 11.8 Å². The molecule has 3 aromatic rings. The Bertz CT molecular complexity index is 1330. The van der Waals surface area contributed by atoms with Gasteiger partial charge in [-0.2, -0.15) is 4.31 Å². The Balaban J connectivity index is 1.52. The van der Waals surface area contributed by atoms with Crippen LogP contribution < -0.4 is 5.32 Å². The number of hydrogen-bond acceptors (Lipinski definition) is 6. The number of anilines is 1. The lowest BCUT2D eigenvalue weighted by Crippen LogP contribution is -2.43. The lowest BCUT2D eigenvalue weighted by Gasteiger charge is -2.31. The number of nitrogens with zero attached hydrogens (tertiary/aromatic N) is 2. The molecule has 0 saturated carbocycles. The predicted octanol–water partition coefficient (Wildman–Crippen LogP) is 5.22. The molecule has 1 atom stereocenters. The number of sulfonamides is 1. The maximum Gasteiger partial charge on any atom is 0.248 e. The van der Waals surface area contributed by atoms with Crippen molar-refractivity contribution in [1.29, 1.82) is 0 Å². The number of aromatic nitrogens is 1. The van der Waals surface area contributed by atoms with E-state index in [1.807, 2.05) is 61.7 Å². The molecule has 0 bridgehead atoms. The Morgan fingerprint density at radius 3 is 2.69 bits per heavy atom. The summed E-state index contributed by atoms with van der Waals surface area (Å²) in [5.41, 5.74) is 3.07. The Morgan fingerprint density at radius 2 is 1.94 bits per heavy atom. The van der Waals surface area contributed by atoms with Gasteiger partial charge in [0.2, 0.25) is 15.9 Å². The largest absolute Gasteiger partial charge is 0.355 e. The van der Waals surface area contributed by atoms with Crippen LogP contribution in [-0.4, -0.2) is 43.1 Å². The van der Waals surface area contributed by atoms with Crippen LogP contribution in [0.3, 0.4) is 0 Å². The van der Waals surface area contributed by atoms with E-state index >= 15 is 0 Å². The van der Waals surface area contributed by atoms with Gasteiger partial charge >= 0.3 is 0 Å². The molecular formula is C26H29N3O4S2. The molecule has 184 valence electrons. The number of benzene rings is 2. The molecule has 1 aliphatic rings. The molecule has 7 nitrogen and oxygen atoms in total. The first-order valence-corrected chi connectivity index (χ1v) is 14.1. The van der Waals surface area contributed by atoms with Gasteiger partial charge in [-0.3, -0.25) is 4.79 Å². The number of hydrogen-bond donors (Lipinski definition) is 1. The number of thioether (sulfide) groups is 1. The molecule has 4 rings (SSSR count). The standard InChI is InChI=1S/C26H29N3O4S2/c1-18-9-11-20(12-10-18)13-14-24-25(19(2)28-33-24)35(31,32)29-15-5-6-21(17-29)26(30)27-22-7-4-8-23(16-22)34-3/h4,7-14,16,21H,5-6,15,17H2,1-3H3,(H,27,30)/b14-13+. The summed E-state index contributed by atoms with van der Waals surface area (Å²) in [7, 11) is -3.90. The summed E-state index contributed by atoms with van der Waals surface area (Å²) in [5, 5.41) is 6.86. The quantitative estimate of drug-likeness (QED) is 0.437. The van der Waals surface area contributed by atoms with Crippen molar-refractivity contribution in [1.82, 2.24) is 9.46 Å². The van der Waals surface area contributed by atoms with Crippen LogP contribution in [0.5, 0.6) is 0 Å². The summed E-state index contributed by atoms with van der Waals surface area (Å²) >= 11 is 1.59. The van der Waals surface area contributed by atoms with Gasteiger partial charge in [-0.15, -0.1) is 11.8 Å². The predicted molar refractivity (Wildman–Crippen MR) is 140 cm³/mol. The van der Waals surface area contributed by atoms with Crippen molar-refractivity contribution in [2.45, 2.75) is 36.5 Å². The van der Waals surface area contributed by atoms with Gasteiger partial charge in [0, 0.05) is 23.7 Å². The molecule has 0 radical (unpaired) electrons. The Kier molecular flexibility index (Phi) is 7.78. The van der Waals surface area contributed by atoms with Crippen molar-refractivity contribution in [3.05, 3.63) is 71.1 Å². The average molecular weight is 512 g/mol. The molecule has 1 amide bonds. The molecule has 0 aliphatic carbocycles. The first kappa shape index (κ1) is 25.2. The number of carbonyl (C=O) groups is 1. The van der Waals surface area contributed by atoms with Crippen molar-refractivity contribution >= 4 is 45.5 Å². The second-order valence-electron chi connectivity index (χ2n) is 8.63. The first-order chi connectivity index (χ1) is 16.8. The van der Waals surface area contributed by atoms with Crippen molar-refractivity contribution < 1.29 is 17.7 Å². The van der Waals surface area contributed by atoms with Gasteiger partial charge in [0.15, 0.2) is 10.7 Å². The second-order valence-corrected chi connectivity index (χ2v) is 11.4. The van der Waals surface area contributed by atoms with Crippen LogP contribution in [0.25, 0.3) is 12.2 Å². The Labute approximate surface area is 210 Å². The summed E-state index contributed by atoms with van der Waals surface area (Å²) in [4.78, 5) is 14.1. The van der Waals surface area contributed by atoms with Crippen molar-refractivity contribution in [2.75, 3.05) is 24.7 Å². The fraction of sp³-hybridized carbons (Fsp3) is 0.308. The zero-order valence-electron chi connectivity index (χ0n) is 20.0. The molecule has 1 aromatic heterocycles. The third kappa shape index (κ3) is 5.86. The van der Waals surface area contributed by atoms with Crippen LogP contribution in [0.2, 0.25) is 0 Å². The SMILES string of the molecule is CSc1cccc(NC(=O)C2CCCN(S(=O)(=O)c3c(C)noc3/C=C/c3ccc(C)cc3)C2)c1. The minimum Gasteiger partial charge on any atom is -0.355 e. The third-order valence-electron chi connectivity index (χ3n) is 6.03.